The second-order valence-electron chi connectivity index (χ2n) is 6.93. The van der Waals surface area contributed by atoms with Crippen LogP contribution in [0.3, 0.4) is 0 Å². The summed E-state index contributed by atoms with van der Waals surface area (Å²) in [5.74, 6) is -0.196. The van der Waals surface area contributed by atoms with Crippen molar-refractivity contribution in [1.29, 1.82) is 0 Å². The minimum Gasteiger partial charge on any atom is -0.444 e. The van der Waals surface area contributed by atoms with Crippen molar-refractivity contribution >= 4 is 49.9 Å². The van der Waals surface area contributed by atoms with Gasteiger partial charge in [0.15, 0.2) is 15.6 Å². The Hall–Kier alpha value is -2.45. The standard InChI is InChI=1S/C21H20BrN3O3S/c22-18-11-10-16(28-18)20(27)23-14-8-6-13(7-9-14)12-19(26)25-21-24-15-4-2-1-3-5-17(15)29-21/h6-11H,1-5,12H2,(H,23,27)(H,24,25,26). The molecule has 2 aromatic heterocycles. The molecule has 150 valence electrons. The molecule has 0 saturated heterocycles. The molecule has 4 rings (SSSR count). The van der Waals surface area contributed by atoms with Crippen LogP contribution in [0.5, 0.6) is 0 Å². The fraction of sp³-hybridized carbons (Fsp3) is 0.286. The number of carbonyl (C=O) groups is 2. The van der Waals surface area contributed by atoms with E-state index in [0.29, 0.717) is 15.5 Å². The van der Waals surface area contributed by atoms with Gasteiger partial charge in [0.05, 0.1) is 12.1 Å². The Balaban J connectivity index is 1.32. The summed E-state index contributed by atoms with van der Waals surface area (Å²) in [4.78, 5) is 30.4. The average Bonchev–Trinajstić information content (AvgIpc) is 3.23. The highest BCUT2D eigenvalue weighted by atomic mass is 79.9. The zero-order valence-corrected chi connectivity index (χ0v) is 18.1. The zero-order valence-electron chi connectivity index (χ0n) is 15.7. The summed E-state index contributed by atoms with van der Waals surface area (Å²) in [6.07, 6.45) is 5.94. The van der Waals surface area contributed by atoms with Crippen LogP contribution in [0.1, 0.15) is 46.0 Å². The van der Waals surface area contributed by atoms with E-state index < -0.39 is 0 Å². The summed E-state index contributed by atoms with van der Waals surface area (Å²) in [6.45, 7) is 0. The number of anilines is 2. The van der Waals surface area contributed by atoms with E-state index in [9.17, 15) is 9.59 Å². The molecule has 1 aromatic carbocycles. The number of rotatable bonds is 5. The van der Waals surface area contributed by atoms with Crippen LogP contribution < -0.4 is 10.6 Å². The van der Waals surface area contributed by atoms with Gasteiger partial charge < -0.3 is 15.1 Å². The number of aryl methyl sites for hydroxylation is 2. The van der Waals surface area contributed by atoms with Crippen molar-refractivity contribution in [3.8, 4) is 0 Å². The summed E-state index contributed by atoms with van der Waals surface area (Å²) in [6, 6.07) is 10.4. The number of benzene rings is 1. The lowest BCUT2D eigenvalue weighted by molar-refractivity contribution is -0.115. The number of thiazole rings is 1. The number of aromatic nitrogens is 1. The predicted molar refractivity (Wildman–Crippen MR) is 117 cm³/mol. The number of amides is 2. The van der Waals surface area contributed by atoms with Crippen LogP contribution in [0.25, 0.3) is 0 Å². The number of furan rings is 1. The van der Waals surface area contributed by atoms with Crippen molar-refractivity contribution in [2.24, 2.45) is 0 Å². The Morgan fingerprint density at radius 3 is 2.59 bits per heavy atom. The summed E-state index contributed by atoms with van der Waals surface area (Å²) >= 11 is 4.77. The van der Waals surface area contributed by atoms with Gasteiger partial charge >= 0.3 is 0 Å². The van der Waals surface area contributed by atoms with Gasteiger partial charge in [-0.1, -0.05) is 18.6 Å². The molecule has 0 saturated carbocycles. The Labute approximate surface area is 180 Å². The number of hydrogen-bond donors (Lipinski definition) is 2. The maximum Gasteiger partial charge on any atom is 0.291 e. The number of fused-ring (bicyclic) bond motifs is 1. The van der Waals surface area contributed by atoms with Crippen LogP contribution in [0, 0.1) is 0 Å². The van der Waals surface area contributed by atoms with Crippen molar-refractivity contribution in [1.82, 2.24) is 4.98 Å². The first-order chi connectivity index (χ1) is 14.1. The molecule has 2 N–H and O–H groups in total. The van der Waals surface area contributed by atoms with E-state index in [1.807, 2.05) is 12.1 Å². The number of carbonyl (C=O) groups excluding carboxylic acids is 2. The molecule has 29 heavy (non-hydrogen) atoms. The van der Waals surface area contributed by atoms with Crippen molar-refractivity contribution in [2.75, 3.05) is 10.6 Å². The second-order valence-corrected chi connectivity index (χ2v) is 8.79. The summed E-state index contributed by atoms with van der Waals surface area (Å²) < 4.78 is 5.73. The lowest BCUT2D eigenvalue weighted by Crippen LogP contribution is -2.14. The maximum absolute atomic E-state index is 12.4. The topological polar surface area (TPSA) is 84.2 Å². The molecule has 0 fully saturated rings. The van der Waals surface area contributed by atoms with Gasteiger partial charge in [-0.2, -0.15) is 0 Å². The van der Waals surface area contributed by atoms with Gasteiger partial charge in [-0.05, 0) is 71.4 Å². The molecule has 2 heterocycles. The minimum atomic E-state index is -0.329. The minimum absolute atomic E-state index is 0.0915. The summed E-state index contributed by atoms with van der Waals surface area (Å²) in [7, 11) is 0. The summed E-state index contributed by atoms with van der Waals surface area (Å²) in [5.41, 5.74) is 2.64. The molecule has 0 atom stereocenters. The van der Waals surface area contributed by atoms with Crippen LogP contribution in [0.4, 0.5) is 10.8 Å². The maximum atomic E-state index is 12.4. The van der Waals surface area contributed by atoms with E-state index in [4.69, 9.17) is 4.42 Å². The van der Waals surface area contributed by atoms with Gasteiger partial charge in [-0.3, -0.25) is 9.59 Å². The van der Waals surface area contributed by atoms with Gasteiger partial charge in [-0.25, -0.2) is 4.98 Å². The van der Waals surface area contributed by atoms with E-state index >= 15 is 0 Å². The van der Waals surface area contributed by atoms with Gasteiger partial charge in [0.2, 0.25) is 5.91 Å². The van der Waals surface area contributed by atoms with Gasteiger partial charge in [0.25, 0.3) is 5.91 Å². The van der Waals surface area contributed by atoms with Crippen LogP contribution >= 0.6 is 27.3 Å². The fourth-order valence-corrected chi connectivity index (χ4v) is 4.64. The molecule has 2 amide bonds. The largest absolute Gasteiger partial charge is 0.444 e. The molecule has 0 spiro atoms. The zero-order chi connectivity index (χ0) is 20.2. The fourth-order valence-electron chi connectivity index (χ4n) is 3.27. The van der Waals surface area contributed by atoms with Gasteiger partial charge in [0, 0.05) is 10.6 Å². The van der Waals surface area contributed by atoms with Crippen LogP contribution in [-0.4, -0.2) is 16.8 Å². The average molecular weight is 474 g/mol. The number of halogens is 1. The molecule has 0 aliphatic heterocycles. The highest BCUT2D eigenvalue weighted by Crippen LogP contribution is 2.29. The second kappa shape index (κ2) is 8.92. The van der Waals surface area contributed by atoms with E-state index in [-0.39, 0.29) is 24.0 Å². The summed E-state index contributed by atoms with van der Waals surface area (Å²) in [5, 5.41) is 6.37. The first kappa shape index (κ1) is 19.8. The van der Waals surface area contributed by atoms with Gasteiger partial charge in [-0.15, -0.1) is 11.3 Å². The Bertz CT molecular complexity index is 1000. The van der Waals surface area contributed by atoms with Crippen molar-refractivity contribution < 1.29 is 14.0 Å². The van der Waals surface area contributed by atoms with Crippen LogP contribution in [0.15, 0.2) is 45.5 Å². The van der Waals surface area contributed by atoms with E-state index in [0.717, 1.165) is 24.1 Å². The monoisotopic (exact) mass is 473 g/mol. The molecule has 0 bridgehead atoms. The molecule has 1 aliphatic carbocycles. The highest BCUT2D eigenvalue weighted by molar-refractivity contribution is 9.10. The van der Waals surface area contributed by atoms with Crippen molar-refractivity contribution in [3.05, 3.63) is 63.0 Å². The third-order valence-electron chi connectivity index (χ3n) is 4.72. The quantitative estimate of drug-likeness (QED) is 0.498. The first-order valence-electron chi connectivity index (χ1n) is 9.51. The number of hydrogen-bond acceptors (Lipinski definition) is 5. The Morgan fingerprint density at radius 2 is 1.83 bits per heavy atom. The SMILES string of the molecule is O=C(Cc1ccc(NC(=O)c2ccc(Br)o2)cc1)Nc1nc2c(s1)CCCCC2. The molecule has 3 aromatic rings. The molecular formula is C21H20BrN3O3S. The molecule has 0 unspecified atom stereocenters. The lowest BCUT2D eigenvalue weighted by atomic mass is 10.1. The van der Waals surface area contributed by atoms with Crippen molar-refractivity contribution in [3.63, 3.8) is 0 Å². The molecule has 0 radical (unpaired) electrons. The number of nitrogens with zero attached hydrogens (tertiary/aromatic N) is 1. The smallest absolute Gasteiger partial charge is 0.291 e. The third-order valence-corrected chi connectivity index (χ3v) is 6.21. The lowest BCUT2D eigenvalue weighted by Gasteiger charge is -2.06. The normalized spacial score (nSPS) is 13.4. The van der Waals surface area contributed by atoms with Crippen LogP contribution in [-0.2, 0) is 24.1 Å². The van der Waals surface area contributed by atoms with Crippen molar-refractivity contribution in [2.45, 2.75) is 38.5 Å². The Morgan fingerprint density at radius 1 is 1.03 bits per heavy atom. The number of nitrogens with one attached hydrogen (secondary N) is 2. The van der Waals surface area contributed by atoms with E-state index in [2.05, 4.69) is 31.5 Å². The van der Waals surface area contributed by atoms with E-state index in [1.54, 1.807) is 35.6 Å². The third kappa shape index (κ3) is 5.13. The first-order valence-corrected chi connectivity index (χ1v) is 11.1. The molecule has 8 heteroatoms. The Kier molecular flexibility index (Phi) is 6.10. The molecule has 1 aliphatic rings. The molecular weight excluding hydrogens is 454 g/mol. The predicted octanol–water partition coefficient (Wildman–Crippen LogP) is 5.20. The molecule has 6 nitrogen and oxygen atoms in total. The van der Waals surface area contributed by atoms with E-state index in [1.165, 1.54) is 24.1 Å². The highest BCUT2D eigenvalue weighted by Gasteiger charge is 2.16. The van der Waals surface area contributed by atoms with Gasteiger partial charge in [0.1, 0.15) is 0 Å². The van der Waals surface area contributed by atoms with Crippen LogP contribution in [0.2, 0.25) is 0 Å².